The molecule has 1 aromatic heterocycles. The van der Waals surface area contributed by atoms with E-state index in [0.717, 1.165) is 42.3 Å². The van der Waals surface area contributed by atoms with Gasteiger partial charge in [0.2, 0.25) is 0 Å². The molecule has 0 amide bonds. The predicted octanol–water partition coefficient (Wildman–Crippen LogP) is 5.69. The number of aryl methyl sites for hydroxylation is 1. The highest BCUT2D eigenvalue weighted by Gasteiger charge is 2.10. The molecule has 1 atom stereocenters. The average molecular weight is 326 g/mol. The molecular weight excluding hydrogens is 296 g/mol. The molecule has 3 heteroatoms. The van der Waals surface area contributed by atoms with Gasteiger partial charge in [-0.15, -0.1) is 0 Å². The second-order valence-electron chi connectivity index (χ2n) is 6.50. The molecule has 130 valence electrons. The fourth-order valence-corrected chi connectivity index (χ4v) is 2.53. The van der Waals surface area contributed by atoms with Crippen molar-refractivity contribution in [3.8, 4) is 17.1 Å². The monoisotopic (exact) mass is 326 g/mol. The Morgan fingerprint density at radius 1 is 1.04 bits per heavy atom. The molecule has 0 aliphatic rings. The van der Waals surface area contributed by atoms with Gasteiger partial charge < -0.3 is 4.74 Å². The lowest BCUT2D eigenvalue weighted by Gasteiger charge is -2.14. The largest absolute Gasteiger partial charge is 0.493 e. The number of hydrogen-bond acceptors (Lipinski definition) is 3. The van der Waals surface area contributed by atoms with Crippen LogP contribution in [0.1, 0.15) is 58.6 Å². The van der Waals surface area contributed by atoms with Gasteiger partial charge in [-0.2, -0.15) is 0 Å². The number of rotatable bonds is 10. The summed E-state index contributed by atoms with van der Waals surface area (Å²) in [5, 5.41) is 0. The van der Waals surface area contributed by atoms with Gasteiger partial charge in [0, 0.05) is 11.9 Å². The van der Waals surface area contributed by atoms with Gasteiger partial charge in [0.05, 0.1) is 12.2 Å². The fourth-order valence-electron chi connectivity index (χ4n) is 2.53. The first-order valence-corrected chi connectivity index (χ1v) is 9.28. The Morgan fingerprint density at radius 3 is 2.67 bits per heavy atom. The minimum atomic E-state index is 0.545. The molecule has 0 fully saturated rings. The van der Waals surface area contributed by atoms with Crippen LogP contribution in [0.15, 0.2) is 36.5 Å². The van der Waals surface area contributed by atoms with E-state index in [1.54, 1.807) is 0 Å². The zero-order valence-corrected chi connectivity index (χ0v) is 15.3. The van der Waals surface area contributed by atoms with Crippen molar-refractivity contribution in [2.75, 3.05) is 6.61 Å². The first-order valence-electron chi connectivity index (χ1n) is 9.28. The lowest BCUT2D eigenvalue weighted by atomic mass is 10.1. The second-order valence-corrected chi connectivity index (χ2v) is 6.50. The summed E-state index contributed by atoms with van der Waals surface area (Å²) in [6.45, 7) is 7.35. The van der Waals surface area contributed by atoms with E-state index in [2.05, 4.69) is 25.8 Å². The molecule has 0 bridgehead atoms. The van der Waals surface area contributed by atoms with E-state index in [4.69, 9.17) is 9.72 Å². The molecule has 0 saturated heterocycles. The van der Waals surface area contributed by atoms with Gasteiger partial charge in [0.25, 0.3) is 0 Å². The van der Waals surface area contributed by atoms with Crippen LogP contribution < -0.4 is 4.74 Å². The summed E-state index contributed by atoms with van der Waals surface area (Å²) in [6, 6.07) is 10.1. The smallest absolute Gasteiger partial charge is 0.163 e. The Balaban J connectivity index is 2.10. The SMILES string of the molecule is CCCCCCc1ccnc(-c2ccccc2OCC(C)CC)n1. The van der Waals surface area contributed by atoms with Gasteiger partial charge in [0.1, 0.15) is 5.75 Å². The second kappa shape index (κ2) is 10.1. The highest BCUT2D eigenvalue weighted by molar-refractivity contribution is 5.63. The maximum absolute atomic E-state index is 6.02. The van der Waals surface area contributed by atoms with Crippen LogP contribution in [-0.2, 0) is 6.42 Å². The summed E-state index contributed by atoms with van der Waals surface area (Å²) in [7, 11) is 0. The number of aromatic nitrogens is 2. The van der Waals surface area contributed by atoms with Gasteiger partial charge in [-0.3, -0.25) is 0 Å². The quantitative estimate of drug-likeness (QED) is 0.526. The summed E-state index contributed by atoms with van der Waals surface area (Å²) >= 11 is 0. The molecule has 1 heterocycles. The molecule has 0 aliphatic carbocycles. The van der Waals surface area contributed by atoms with Gasteiger partial charge >= 0.3 is 0 Å². The third kappa shape index (κ3) is 5.63. The lowest BCUT2D eigenvalue weighted by Crippen LogP contribution is -2.08. The Labute approximate surface area is 146 Å². The normalized spacial score (nSPS) is 12.1. The Hall–Kier alpha value is -1.90. The Morgan fingerprint density at radius 2 is 1.88 bits per heavy atom. The van der Waals surface area contributed by atoms with Gasteiger partial charge in [0.15, 0.2) is 5.82 Å². The third-order valence-electron chi connectivity index (χ3n) is 4.35. The minimum Gasteiger partial charge on any atom is -0.493 e. The Kier molecular flexibility index (Phi) is 7.73. The van der Waals surface area contributed by atoms with Crippen molar-refractivity contribution in [3.63, 3.8) is 0 Å². The van der Waals surface area contributed by atoms with Crippen molar-refractivity contribution < 1.29 is 4.74 Å². The van der Waals surface area contributed by atoms with Crippen LogP contribution in [0.3, 0.4) is 0 Å². The van der Waals surface area contributed by atoms with E-state index in [0.29, 0.717) is 5.92 Å². The van der Waals surface area contributed by atoms with E-state index in [9.17, 15) is 0 Å². The van der Waals surface area contributed by atoms with Crippen molar-refractivity contribution in [3.05, 3.63) is 42.2 Å². The first kappa shape index (κ1) is 18.4. The maximum Gasteiger partial charge on any atom is 0.163 e. The number of hydrogen-bond donors (Lipinski definition) is 0. The molecular formula is C21H30N2O. The van der Waals surface area contributed by atoms with Crippen molar-refractivity contribution in [1.82, 2.24) is 9.97 Å². The first-order chi connectivity index (χ1) is 11.7. The highest BCUT2D eigenvalue weighted by Crippen LogP contribution is 2.27. The molecule has 0 radical (unpaired) electrons. The highest BCUT2D eigenvalue weighted by atomic mass is 16.5. The summed E-state index contributed by atoms with van der Waals surface area (Å²) in [5.41, 5.74) is 2.10. The van der Waals surface area contributed by atoms with Crippen molar-refractivity contribution in [1.29, 1.82) is 0 Å². The molecule has 1 unspecified atom stereocenters. The van der Waals surface area contributed by atoms with Crippen molar-refractivity contribution in [2.24, 2.45) is 5.92 Å². The molecule has 0 saturated carbocycles. The van der Waals surface area contributed by atoms with Gasteiger partial charge in [-0.05, 0) is 37.0 Å². The van der Waals surface area contributed by atoms with Crippen molar-refractivity contribution >= 4 is 0 Å². The molecule has 2 rings (SSSR count). The fraction of sp³-hybridized carbons (Fsp3) is 0.524. The van der Waals surface area contributed by atoms with Crippen LogP contribution in [0.25, 0.3) is 11.4 Å². The number of benzene rings is 1. The van der Waals surface area contributed by atoms with E-state index in [-0.39, 0.29) is 0 Å². The summed E-state index contributed by atoms with van der Waals surface area (Å²) < 4.78 is 6.02. The van der Waals surface area contributed by atoms with Gasteiger partial charge in [-0.1, -0.05) is 58.6 Å². The molecule has 24 heavy (non-hydrogen) atoms. The molecule has 0 N–H and O–H groups in total. The topological polar surface area (TPSA) is 35.0 Å². The van der Waals surface area contributed by atoms with Crippen LogP contribution in [-0.4, -0.2) is 16.6 Å². The average Bonchev–Trinajstić information content (AvgIpc) is 2.64. The van der Waals surface area contributed by atoms with Crippen molar-refractivity contribution in [2.45, 2.75) is 59.3 Å². The zero-order chi connectivity index (χ0) is 17.2. The lowest BCUT2D eigenvalue weighted by molar-refractivity contribution is 0.257. The van der Waals surface area contributed by atoms with Crippen LogP contribution in [0.2, 0.25) is 0 Å². The summed E-state index contributed by atoms with van der Waals surface area (Å²) in [4.78, 5) is 9.23. The van der Waals surface area contributed by atoms with E-state index < -0.39 is 0 Å². The summed E-state index contributed by atoms with van der Waals surface area (Å²) in [5.74, 6) is 2.19. The molecule has 0 aliphatic heterocycles. The third-order valence-corrected chi connectivity index (χ3v) is 4.35. The number of nitrogens with zero attached hydrogens (tertiary/aromatic N) is 2. The van der Waals surface area contributed by atoms with Crippen LogP contribution in [0.5, 0.6) is 5.75 Å². The minimum absolute atomic E-state index is 0.545. The van der Waals surface area contributed by atoms with Crippen LogP contribution in [0.4, 0.5) is 0 Å². The molecule has 3 nitrogen and oxygen atoms in total. The molecule has 1 aromatic carbocycles. The number of unbranched alkanes of at least 4 members (excludes halogenated alkanes) is 3. The van der Waals surface area contributed by atoms with E-state index in [1.807, 2.05) is 36.5 Å². The number of para-hydroxylation sites is 1. The maximum atomic E-state index is 6.02. The van der Waals surface area contributed by atoms with Gasteiger partial charge in [-0.25, -0.2) is 9.97 Å². The molecule has 2 aromatic rings. The van der Waals surface area contributed by atoms with E-state index >= 15 is 0 Å². The summed E-state index contributed by atoms with van der Waals surface area (Å²) in [6.07, 6.45) is 9.02. The Bertz CT molecular complexity index is 612. The molecule has 0 spiro atoms. The van der Waals surface area contributed by atoms with E-state index in [1.165, 1.54) is 25.7 Å². The standard InChI is InChI=1S/C21H30N2O/c1-4-6-7-8-11-18-14-15-22-21(23-18)19-12-9-10-13-20(19)24-16-17(3)5-2/h9-10,12-15,17H,4-8,11,16H2,1-3H3. The zero-order valence-electron chi connectivity index (χ0n) is 15.3. The van der Waals surface area contributed by atoms with Crippen LogP contribution in [0, 0.1) is 5.92 Å². The number of ether oxygens (including phenoxy) is 1. The van der Waals surface area contributed by atoms with Crippen LogP contribution >= 0.6 is 0 Å². The predicted molar refractivity (Wildman–Crippen MR) is 100 cm³/mol.